The molecule has 1 aromatic rings. The fraction of sp³-hybridized carbons (Fsp3) is 0.600. The summed E-state index contributed by atoms with van der Waals surface area (Å²) in [5, 5.41) is 0. The molecule has 21 heavy (non-hydrogen) atoms. The van der Waals surface area contributed by atoms with E-state index in [1.54, 1.807) is 12.1 Å². The lowest BCUT2D eigenvalue weighted by Gasteiger charge is -2.24. The van der Waals surface area contributed by atoms with Crippen LogP contribution in [0.2, 0.25) is 0 Å². The summed E-state index contributed by atoms with van der Waals surface area (Å²) in [6, 6.07) is 6.90. The van der Waals surface area contributed by atoms with E-state index in [9.17, 15) is 12.8 Å². The Balaban J connectivity index is 2.00. The molecule has 6 heteroatoms. The van der Waals surface area contributed by atoms with Crippen LogP contribution < -0.4 is 4.72 Å². The Labute approximate surface area is 126 Å². The van der Waals surface area contributed by atoms with Crippen LogP contribution in [0.15, 0.2) is 24.3 Å². The molecule has 2 rings (SSSR count). The molecular formula is C15H23FN2O2S. The first-order valence-corrected chi connectivity index (χ1v) is 8.97. The predicted molar refractivity (Wildman–Crippen MR) is 82.0 cm³/mol. The summed E-state index contributed by atoms with van der Waals surface area (Å²) in [5.41, 5.74) is 0.982. The van der Waals surface area contributed by atoms with Crippen molar-refractivity contribution in [3.8, 4) is 0 Å². The van der Waals surface area contributed by atoms with E-state index in [-0.39, 0.29) is 17.6 Å². The van der Waals surface area contributed by atoms with Crippen LogP contribution in [0.4, 0.5) is 4.39 Å². The van der Waals surface area contributed by atoms with E-state index in [4.69, 9.17) is 0 Å². The average molecular weight is 314 g/mol. The van der Waals surface area contributed by atoms with Crippen LogP contribution in [0.1, 0.15) is 31.4 Å². The third-order valence-corrected chi connectivity index (χ3v) is 5.46. The van der Waals surface area contributed by atoms with Gasteiger partial charge in [0, 0.05) is 12.6 Å². The highest BCUT2D eigenvalue weighted by Gasteiger charge is 2.30. The molecule has 0 aromatic heterocycles. The molecular weight excluding hydrogens is 291 g/mol. The van der Waals surface area contributed by atoms with Crippen molar-refractivity contribution in [2.24, 2.45) is 5.92 Å². The summed E-state index contributed by atoms with van der Waals surface area (Å²) in [5.74, 6) is 0.452. The fourth-order valence-corrected chi connectivity index (χ4v) is 3.71. The van der Waals surface area contributed by atoms with Gasteiger partial charge in [0.25, 0.3) is 0 Å². The summed E-state index contributed by atoms with van der Waals surface area (Å²) in [7, 11) is -1.72. The summed E-state index contributed by atoms with van der Waals surface area (Å²) in [6.45, 7) is 3.82. The molecule has 0 unspecified atom stereocenters. The smallest absolute Gasteiger partial charge is 0.211 e. The molecule has 0 aliphatic carbocycles. The summed E-state index contributed by atoms with van der Waals surface area (Å²) in [4.78, 5) is 2.27. The van der Waals surface area contributed by atoms with Crippen LogP contribution in [0.3, 0.4) is 0 Å². The van der Waals surface area contributed by atoms with Crippen molar-refractivity contribution in [2.75, 3.05) is 25.9 Å². The van der Waals surface area contributed by atoms with Gasteiger partial charge in [0.05, 0.1) is 5.75 Å². The van der Waals surface area contributed by atoms with Gasteiger partial charge in [-0.1, -0.05) is 19.1 Å². The zero-order valence-corrected chi connectivity index (χ0v) is 13.4. The lowest BCUT2D eigenvalue weighted by molar-refractivity contribution is 0.254. The van der Waals surface area contributed by atoms with E-state index in [0.29, 0.717) is 18.9 Å². The van der Waals surface area contributed by atoms with Crippen LogP contribution in [0.5, 0.6) is 0 Å². The highest BCUT2D eigenvalue weighted by Crippen LogP contribution is 2.35. The lowest BCUT2D eigenvalue weighted by atomic mass is 10.0. The summed E-state index contributed by atoms with van der Waals surface area (Å²) >= 11 is 0. The number of halogens is 1. The van der Waals surface area contributed by atoms with Crippen LogP contribution in [-0.2, 0) is 10.0 Å². The van der Waals surface area contributed by atoms with Crippen molar-refractivity contribution < 1.29 is 12.8 Å². The van der Waals surface area contributed by atoms with Crippen molar-refractivity contribution in [1.82, 2.24) is 9.62 Å². The standard InChI is InChI=1S/C15H23FN2O2S/c1-12-9-15(13-5-3-6-14(16)10-13)18(11-12)7-4-8-21(19,20)17-2/h3,5-6,10,12,15,17H,4,7-9,11H2,1-2H3/t12-,15-/m1/s1. The molecule has 0 bridgehead atoms. The maximum atomic E-state index is 13.4. The van der Waals surface area contributed by atoms with Gasteiger partial charge in [-0.3, -0.25) is 4.90 Å². The first kappa shape index (κ1) is 16.4. The number of nitrogens with one attached hydrogen (secondary N) is 1. The molecule has 0 amide bonds. The first-order valence-electron chi connectivity index (χ1n) is 7.32. The number of hydrogen-bond acceptors (Lipinski definition) is 3. The second-order valence-corrected chi connectivity index (χ2v) is 7.83. The number of hydrogen-bond donors (Lipinski definition) is 1. The monoisotopic (exact) mass is 314 g/mol. The van der Waals surface area contributed by atoms with Crippen molar-refractivity contribution in [3.05, 3.63) is 35.6 Å². The molecule has 1 heterocycles. The molecule has 0 radical (unpaired) electrons. The van der Waals surface area contributed by atoms with Gasteiger partial charge in [0.15, 0.2) is 0 Å². The summed E-state index contributed by atoms with van der Waals surface area (Å²) in [6.07, 6.45) is 1.57. The Hall–Kier alpha value is -0.980. The largest absolute Gasteiger partial charge is 0.296 e. The van der Waals surface area contributed by atoms with E-state index < -0.39 is 10.0 Å². The minimum Gasteiger partial charge on any atom is -0.296 e. The molecule has 1 aliphatic heterocycles. The number of sulfonamides is 1. The van der Waals surface area contributed by atoms with E-state index in [0.717, 1.165) is 18.5 Å². The van der Waals surface area contributed by atoms with Crippen LogP contribution in [-0.4, -0.2) is 39.2 Å². The lowest BCUT2D eigenvalue weighted by Crippen LogP contribution is -2.29. The Morgan fingerprint density at radius 1 is 1.43 bits per heavy atom. The number of benzene rings is 1. The second kappa shape index (κ2) is 6.85. The van der Waals surface area contributed by atoms with Gasteiger partial charge in [-0.2, -0.15) is 0 Å². The van der Waals surface area contributed by atoms with Gasteiger partial charge < -0.3 is 0 Å². The van der Waals surface area contributed by atoms with Crippen molar-refractivity contribution >= 4 is 10.0 Å². The van der Waals surface area contributed by atoms with E-state index in [1.807, 2.05) is 6.07 Å². The number of nitrogens with zero attached hydrogens (tertiary/aromatic N) is 1. The third-order valence-electron chi connectivity index (χ3n) is 4.02. The summed E-state index contributed by atoms with van der Waals surface area (Å²) < 4.78 is 38.6. The van der Waals surface area contributed by atoms with Crippen LogP contribution in [0.25, 0.3) is 0 Å². The van der Waals surface area contributed by atoms with Gasteiger partial charge in [-0.15, -0.1) is 0 Å². The third kappa shape index (κ3) is 4.49. The average Bonchev–Trinajstić information content (AvgIpc) is 2.80. The van der Waals surface area contributed by atoms with E-state index >= 15 is 0 Å². The van der Waals surface area contributed by atoms with Gasteiger partial charge in [-0.05, 0) is 50.0 Å². The van der Waals surface area contributed by atoms with E-state index in [2.05, 4.69) is 16.5 Å². The van der Waals surface area contributed by atoms with Gasteiger partial charge in [0.1, 0.15) is 5.82 Å². The Morgan fingerprint density at radius 3 is 2.86 bits per heavy atom. The highest BCUT2D eigenvalue weighted by atomic mass is 32.2. The molecule has 1 saturated heterocycles. The number of likely N-dealkylation sites (tertiary alicyclic amines) is 1. The SMILES string of the molecule is CNS(=O)(=O)CCCN1C[C@H](C)C[C@@H]1c1cccc(F)c1. The van der Waals surface area contributed by atoms with E-state index in [1.165, 1.54) is 13.1 Å². The quantitative estimate of drug-likeness (QED) is 0.875. The molecule has 0 spiro atoms. The zero-order chi connectivity index (χ0) is 15.5. The molecule has 1 fully saturated rings. The van der Waals surface area contributed by atoms with Crippen molar-refractivity contribution in [2.45, 2.75) is 25.8 Å². The minimum absolute atomic E-state index is 0.129. The van der Waals surface area contributed by atoms with Crippen molar-refractivity contribution in [1.29, 1.82) is 0 Å². The van der Waals surface area contributed by atoms with Crippen LogP contribution >= 0.6 is 0 Å². The Kier molecular flexibility index (Phi) is 5.35. The topological polar surface area (TPSA) is 49.4 Å². The Bertz CT molecular complexity index is 577. The predicted octanol–water partition coefficient (Wildman–Crippen LogP) is 2.15. The molecule has 118 valence electrons. The highest BCUT2D eigenvalue weighted by molar-refractivity contribution is 7.89. The van der Waals surface area contributed by atoms with Crippen LogP contribution in [0, 0.1) is 11.7 Å². The van der Waals surface area contributed by atoms with Gasteiger partial charge in [-0.25, -0.2) is 17.5 Å². The fourth-order valence-electron chi connectivity index (χ4n) is 3.00. The zero-order valence-electron chi connectivity index (χ0n) is 12.5. The minimum atomic E-state index is -3.15. The molecule has 1 aromatic carbocycles. The maximum absolute atomic E-state index is 13.4. The second-order valence-electron chi connectivity index (χ2n) is 5.78. The normalized spacial score (nSPS) is 23.6. The molecule has 1 N–H and O–H groups in total. The van der Waals surface area contributed by atoms with Gasteiger partial charge in [0.2, 0.25) is 10.0 Å². The number of rotatable bonds is 6. The molecule has 0 saturated carbocycles. The Morgan fingerprint density at radius 2 is 2.19 bits per heavy atom. The van der Waals surface area contributed by atoms with Gasteiger partial charge >= 0.3 is 0 Å². The molecule has 1 aliphatic rings. The molecule has 2 atom stereocenters. The maximum Gasteiger partial charge on any atom is 0.211 e. The molecule has 4 nitrogen and oxygen atoms in total. The first-order chi connectivity index (χ1) is 9.91. The van der Waals surface area contributed by atoms with Crippen molar-refractivity contribution in [3.63, 3.8) is 0 Å².